The summed E-state index contributed by atoms with van der Waals surface area (Å²) in [6, 6.07) is 13.0. The fourth-order valence-corrected chi connectivity index (χ4v) is 10.7. The van der Waals surface area contributed by atoms with Crippen molar-refractivity contribution in [1.29, 1.82) is 0 Å². The van der Waals surface area contributed by atoms with Crippen molar-refractivity contribution >= 4 is 118 Å². The third-order valence-corrected chi connectivity index (χ3v) is 14.5. The fraction of sp³-hybridized carbons (Fsp3) is 0.436. The number of piperidine rings is 2. The molecule has 0 unspecified atom stereocenters. The van der Waals surface area contributed by atoms with E-state index in [0.717, 1.165) is 75.3 Å². The number of carbonyl (C=O) groups is 1. The molecule has 6 aliphatic heterocycles. The number of rotatable bonds is 9. The summed E-state index contributed by atoms with van der Waals surface area (Å²) in [5.74, 6) is 1.08. The molecule has 6 aliphatic rings. The Morgan fingerprint density at radius 1 is 0.698 bits per heavy atom. The number of nitrogen functional groups attached to an aromatic ring is 1. The first kappa shape index (κ1) is 69.5. The highest BCUT2D eigenvalue weighted by Crippen LogP contribution is 2.44. The second-order valence-electron chi connectivity index (χ2n) is 21.0. The maximum atomic E-state index is 13.6. The number of aromatic nitrogens is 6. The molecule has 31 heteroatoms. The maximum absolute atomic E-state index is 13.6. The number of nitrogens with two attached hydrogens (primary N) is 1. The molecule has 2 amide bonds. The molecule has 0 aliphatic carbocycles. The van der Waals surface area contributed by atoms with Crippen molar-refractivity contribution in [3.63, 3.8) is 0 Å². The normalized spacial score (nSPS) is 20.2. The molecule has 0 radical (unpaired) electrons. The molecule has 12 rings (SSSR count). The van der Waals surface area contributed by atoms with Crippen LogP contribution in [0.3, 0.4) is 0 Å². The van der Waals surface area contributed by atoms with Gasteiger partial charge >= 0.3 is 18.4 Å². The van der Waals surface area contributed by atoms with Gasteiger partial charge in [-0.1, -0.05) is 47.5 Å². The van der Waals surface area contributed by atoms with Gasteiger partial charge < -0.3 is 49.3 Å². The lowest BCUT2D eigenvalue weighted by molar-refractivity contribution is -0.142. The van der Waals surface area contributed by atoms with Gasteiger partial charge in [0.05, 0.1) is 88.0 Å². The molecule has 2 aromatic carbocycles. The summed E-state index contributed by atoms with van der Waals surface area (Å²) < 4.78 is 112. The number of urea groups is 1. The third-order valence-electron chi connectivity index (χ3n) is 14.0. The van der Waals surface area contributed by atoms with E-state index in [1.165, 1.54) is 47.9 Å². The topological polar surface area (TPSA) is 210 Å². The molecule has 4 aromatic heterocycles. The number of hydrogen-bond acceptors (Lipinski definition) is 17. The number of pyridine rings is 2. The average Bonchev–Trinajstić information content (AvgIpc) is 2.24. The smallest absolute Gasteiger partial charge is 0.416 e. The van der Waals surface area contributed by atoms with E-state index in [2.05, 4.69) is 50.3 Å². The molecule has 4 saturated heterocycles. The minimum Gasteiger partial charge on any atom is -0.474 e. The number of fused-ring (bicyclic) bond motifs is 8. The van der Waals surface area contributed by atoms with Gasteiger partial charge in [0, 0.05) is 43.3 Å². The van der Waals surface area contributed by atoms with Gasteiger partial charge in [-0.25, -0.2) is 34.7 Å². The van der Waals surface area contributed by atoms with Crippen LogP contribution in [0.4, 0.5) is 65.8 Å². The van der Waals surface area contributed by atoms with E-state index in [1.807, 2.05) is 27.7 Å². The fourth-order valence-electron chi connectivity index (χ4n) is 10.2. The quantitative estimate of drug-likeness (QED) is 0.115. The first-order chi connectivity index (χ1) is 38.9. The lowest BCUT2D eigenvalue weighted by Crippen LogP contribution is -2.56. The van der Waals surface area contributed by atoms with Crippen molar-refractivity contribution in [2.24, 2.45) is 0 Å². The number of nitrogens with zero attached hydrogens (tertiary/aromatic N) is 9. The van der Waals surface area contributed by atoms with E-state index < -0.39 is 41.1 Å². The number of amides is 2. The number of benzene rings is 2. The molecule has 10 heterocycles. The Hall–Kier alpha value is -5.63. The zero-order valence-electron chi connectivity index (χ0n) is 46.9. The Balaban J connectivity index is 0.000000227. The van der Waals surface area contributed by atoms with Crippen molar-refractivity contribution in [2.45, 2.75) is 102 Å². The standard InChI is InChI=1S/C28H28ClF3N6O4.C17H15ClF3N3.C10H15N3O3.4H2S/c1-27(2)41-15-19(42-27)14-40-23-12-33-22(11-34-23)35-26(39)38-18-7-4-8-37(13-18)21-10-20(29)24(36-25(21)38)16-5-3-6-17(9-16)28(30,31)32;18-13-8-14-16(22-12-5-2-6-24(14)9-12)23-15(13)10-3-1-4-11(7-10)17(19,20)21;1-10(2)15-6-7(16-10)5-14-9-4-12-8(11)3-13-9;;;;/h3,5-6,9-12,18-19H,4,7-8,13-15H2,1-2H3,(H,33,35,39);1,3-4,7-8,12H,2,5-6,9H2,(H,22,23);3-4,7H,5-6H2,1-2H3,(H2,11,12);4*1H2/t18-,19-;12-;7-;;;;/m000..../s1. The number of anilines is 6. The zero-order chi connectivity index (χ0) is 58.1. The monoisotopic (exact) mass is 1320 g/mol. The first-order valence-corrected chi connectivity index (χ1v) is 27.1. The summed E-state index contributed by atoms with van der Waals surface area (Å²) in [5, 5.41) is 6.70. The highest BCUT2D eigenvalue weighted by molar-refractivity contribution is 7.59. The number of halogens is 8. The van der Waals surface area contributed by atoms with Crippen molar-refractivity contribution in [1.82, 2.24) is 29.9 Å². The van der Waals surface area contributed by atoms with Gasteiger partial charge in [-0.05, 0) is 89.8 Å². The Morgan fingerprint density at radius 3 is 1.73 bits per heavy atom. The summed E-state index contributed by atoms with van der Waals surface area (Å²) >= 11 is 12.9. The molecule has 86 heavy (non-hydrogen) atoms. The second kappa shape index (κ2) is 28.7. The number of hydrogen-bond donors (Lipinski definition) is 3. The minimum atomic E-state index is -4.53. The largest absolute Gasteiger partial charge is 0.474 e. The summed E-state index contributed by atoms with van der Waals surface area (Å²) in [5.41, 5.74) is 6.54. The second-order valence-corrected chi connectivity index (χ2v) is 21.8. The predicted octanol–water partition coefficient (Wildman–Crippen LogP) is 11.6. The van der Waals surface area contributed by atoms with Crippen LogP contribution in [0, 0.1) is 0 Å². The third kappa shape index (κ3) is 16.9. The lowest BCUT2D eigenvalue weighted by Gasteiger charge is -2.46. The van der Waals surface area contributed by atoms with Gasteiger partial charge in [0.2, 0.25) is 11.8 Å². The minimum absolute atomic E-state index is 0. The van der Waals surface area contributed by atoms with Crippen molar-refractivity contribution in [3.8, 4) is 34.3 Å². The highest BCUT2D eigenvalue weighted by atomic mass is 35.5. The van der Waals surface area contributed by atoms with Crippen LogP contribution in [-0.2, 0) is 31.3 Å². The molecule has 468 valence electrons. The van der Waals surface area contributed by atoms with Gasteiger partial charge in [0.25, 0.3) is 0 Å². The van der Waals surface area contributed by atoms with E-state index in [-0.39, 0.29) is 107 Å². The van der Waals surface area contributed by atoms with Crippen LogP contribution in [0.25, 0.3) is 22.5 Å². The van der Waals surface area contributed by atoms with Gasteiger partial charge in [-0.15, -0.1) is 0 Å². The van der Waals surface area contributed by atoms with Crippen LogP contribution in [0.1, 0.15) is 64.5 Å². The number of alkyl halides is 6. The number of carbonyl (C=O) groups excluding carboxylic acids is 1. The Morgan fingerprint density at radius 2 is 1.22 bits per heavy atom. The van der Waals surface area contributed by atoms with Gasteiger partial charge in [-0.2, -0.15) is 80.3 Å². The average molecular weight is 1320 g/mol. The van der Waals surface area contributed by atoms with Gasteiger partial charge in [-0.3, -0.25) is 10.2 Å². The van der Waals surface area contributed by atoms with Crippen LogP contribution in [0.2, 0.25) is 10.0 Å². The van der Waals surface area contributed by atoms with E-state index in [0.29, 0.717) is 77.7 Å². The summed E-state index contributed by atoms with van der Waals surface area (Å²) in [4.78, 5) is 45.0. The molecule has 4 fully saturated rings. The van der Waals surface area contributed by atoms with Crippen LogP contribution in [-0.4, -0.2) is 124 Å². The number of nitrogens with one attached hydrogen (secondary N) is 2. The Bertz CT molecular complexity index is 3280. The molecule has 4 atom stereocenters. The summed E-state index contributed by atoms with van der Waals surface area (Å²) in [7, 11) is 0. The van der Waals surface area contributed by atoms with E-state index in [1.54, 1.807) is 18.2 Å². The Labute approximate surface area is 530 Å². The molecule has 4 bridgehead atoms. The van der Waals surface area contributed by atoms with Crippen LogP contribution >= 0.6 is 77.2 Å². The molecule has 0 saturated carbocycles. The van der Waals surface area contributed by atoms with E-state index in [4.69, 9.17) is 57.4 Å². The van der Waals surface area contributed by atoms with Crippen LogP contribution in [0.5, 0.6) is 11.8 Å². The van der Waals surface area contributed by atoms with Crippen molar-refractivity contribution in [3.05, 3.63) is 107 Å². The highest BCUT2D eigenvalue weighted by Gasteiger charge is 2.41. The molecule has 4 N–H and O–H groups in total. The van der Waals surface area contributed by atoms with E-state index in [9.17, 15) is 31.1 Å². The maximum Gasteiger partial charge on any atom is 0.416 e. The summed E-state index contributed by atoms with van der Waals surface area (Å²) in [6.07, 6.45) is 0.225. The number of ether oxygens (including phenoxy) is 6. The summed E-state index contributed by atoms with van der Waals surface area (Å²) in [6.45, 7) is 12.1. The SMILES string of the molecule is CC1(C)OC[C@H](COc2cnc(N)cn2)O1.CC1(C)OC[C@H](COc2cnc(NC(=O)N3c4nc(-c5cccc(C(F)(F)F)c5)c(Cl)cc4N4CCC[C@H]3C4)cn2)O1.FC(F)(F)c1cccc(-c2nc3c(cc2Cl)N2CCC[C@@H](C2)N3)c1.S.S.S.S. The van der Waals surface area contributed by atoms with Gasteiger partial charge in [0.1, 0.15) is 31.2 Å². The van der Waals surface area contributed by atoms with E-state index >= 15 is 0 Å². The molecule has 0 spiro atoms. The first-order valence-electron chi connectivity index (χ1n) is 26.4. The van der Waals surface area contributed by atoms with Crippen LogP contribution in [0.15, 0.2) is 85.5 Å². The van der Waals surface area contributed by atoms with Gasteiger partial charge in [0.15, 0.2) is 29.0 Å². The molecule has 19 nitrogen and oxygen atoms in total. The molecule has 6 aromatic rings. The Kier molecular flexibility index (Phi) is 23.2. The lowest BCUT2D eigenvalue weighted by atomic mass is 9.99. The zero-order valence-corrected chi connectivity index (χ0v) is 52.4. The molecular formula is C55H66Cl2F6N12O7S4. The molecular weight excluding hydrogens is 1250 g/mol. The van der Waals surface area contributed by atoms with Crippen molar-refractivity contribution < 1.29 is 59.6 Å². The predicted molar refractivity (Wildman–Crippen MR) is 336 cm³/mol. The van der Waals surface area contributed by atoms with Crippen molar-refractivity contribution in [2.75, 3.05) is 83.7 Å². The van der Waals surface area contributed by atoms with Crippen LogP contribution < -0.4 is 40.5 Å².